The third-order valence-electron chi connectivity index (χ3n) is 7.69. The van der Waals surface area contributed by atoms with Crippen LogP contribution in [0.2, 0.25) is 0 Å². The number of benzene rings is 2. The first-order chi connectivity index (χ1) is 17.7. The first-order valence-electron chi connectivity index (χ1n) is 12.6. The summed E-state index contributed by atoms with van der Waals surface area (Å²) in [6, 6.07) is 20.6. The third kappa shape index (κ3) is 3.69. The summed E-state index contributed by atoms with van der Waals surface area (Å²) < 4.78 is 0. The second-order valence-corrected chi connectivity index (χ2v) is 9.99. The van der Waals surface area contributed by atoms with Gasteiger partial charge in [-0.15, -0.1) is 10.2 Å². The van der Waals surface area contributed by atoms with Gasteiger partial charge < -0.3 is 20.2 Å². The van der Waals surface area contributed by atoms with Crippen LogP contribution in [0.25, 0.3) is 21.8 Å². The number of hydrogen-bond acceptors (Lipinski definition) is 4. The van der Waals surface area contributed by atoms with Gasteiger partial charge in [0.2, 0.25) is 0 Å². The summed E-state index contributed by atoms with van der Waals surface area (Å²) in [6.45, 7) is 0.444. The first kappa shape index (κ1) is 21.1. The largest absolute Gasteiger partial charge is 0.358 e. The number of amides is 2. The second-order valence-electron chi connectivity index (χ2n) is 9.99. The molecule has 3 aromatic heterocycles. The predicted octanol–water partition coefficient (Wildman–Crippen LogP) is 4.86. The van der Waals surface area contributed by atoms with Crippen LogP contribution in [0.5, 0.6) is 0 Å². The van der Waals surface area contributed by atoms with Crippen LogP contribution >= 0.6 is 0 Å². The van der Waals surface area contributed by atoms with Crippen LogP contribution in [0.15, 0.2) is 66.9 Å². The Morgan fingerprint density at radius 2 is 1.86 bits per heavy atom. The molecule has 3 atom stereocenters. The second kappa shape index (κ2) is 8.48. The molecule has 1 saturated heterocycles. The van der Waals surface area contributed by atoms with Gasteiger partial charge in [-0.1, -0.05) is 36.4 Å². The maximum Gasteiger partial charge on any atom is 0.318 e. The highest BCUT2D eigenvalue weighted by Gasteiger charge is 2.50. The Labute approximate surface area is 208 Å². The fourth-order valence-electron chi connectivity index (χ4n) is 6.05. The van der Waals surface area contributed by atoms with Gasteiger partial charge in [-0.2, -0.15) is 0 Å². The van der Waals surface area contributed by atoms with E-state index >= 15 is 0 Å². The number of nitrogens with one attached hydrogen (secondary N) is 3. The van der Waals surface area contributed by atoms with Gasteiger partial charge in [0.05, 0.1) is 11.6 Å². The van der Waals surface area contributed by atoms with Crippen molar-refractivity contribution in [2.24, 2.45) is 5.92 Å². The molecule has 2 aliphatic rings. The minimum absolute atomic E-state index is 0.0473. The van der Waals surface area contributed by atoms with E-state index in [4.69, 9.17) is 0 Å². The molecule has 2 bridgehead atoms. The highest BCUT2D eigenvalue weighted by atomic mass is 16.2. The summed E-state index contributed by atoms with van der Waals surface area (Å²) in [6.07, 6.45) is 5.66. The van der Waals surface area contributed by atoms with Crippen LogP contribution < -0.4 is 5.32 Å². The summed E-state index contributed by atoms with van der Waals surface area (Å²) in [5.41, 5.74) is 4.15. The maximum atomic E-state index is 13.4. The van der Waals surface area contributed by atoms with Crippen LogP contribution in [0.4, 0.5) is 4.79 Å². The number of hydrogen-bond donors (Lipinski definition) is 3. The monoisotopic (exact) mass is 477 g/mol. The van der Waals surface area contributed by atoms with Crippen molar-refractivity contribution in [2.45, 2.75) is 44.3 Å². The van der Waals surface area contributed by atoms with Gasteiger partial charge in [-0.05, 0) is 60.4 Å². The average Bonchev–Trinajstić information content (AvgIpc) is 3.70. The SMILES string of the molecule is O=C(NCc1cnc2ccccc2c1)N1[C@@H]2CC[C@@H](C2)[C@H]1c1nnc(Cc2cc3ccccc3[nH]2)[nH]1. The summed E-state index contributed by atoms with van der Waals surface area (Å²) in [5, 5.41) is 14.3. The topological polar surface area (TPSA) is 103 Å². The number of likely N-dealkylation sites (tertiary alicyclic amines) is 1. The molecule has 0 radical (unpaired) electrons. The molecule has 8 nitrogen and oxygen atoms in total. The molecule has 0 unspecified atom stereocenters. The smallest absolute Gasteiger partial charge is 0.318 e. The number of aromatic amines is 2. The third-order valence-corrected chi connectivity index (χ3v) is 7.69. The van der Waals surface area contributed by atoms with Crippen LogP contribution in [-0.2, 0) is 13.0 Å². The Hall–Kier alpha value is -4.20. The van der Waals surface area contributed by atoms with E-state index in [1.807, 2.05) is 47.5 Å². The number of carbonyl (C=O) groups excluding carboxylic acids is 1. The first-order valence-corrected chi connectivity index (χ1v) is 12.6. The number of aromatic nitrogens is 5. The molecule has 2 fully saturated rings. The van der Waals surface area contributed by atoms with Crippen LogP contribution in [0.1, 0.15) is 48.2 Å². The van der Waals surface area contributed by atoms with Crippen molar-refractivity contribution < 1.29 is 4.79 Å². The van der Waals surface area contributed by atoms with E-state index in [2.05, 4.69) is 54.7 Å². The van der Waals surface area contributed by atoms with Crippen molar-refractivity contribution >= 4 is 27.8 Å². The van der Waals surface area contributed by atoms with Crippen LogP contribution in [-0.4, -0.2) is 42.1 Å². The molecule has 3 N–H and O–H groups in total. The summed E-state index contributed by atoms with van der Waals surface area (Å²) in [4.78, 5) is 26.8. The van der Waals surface area contributed by atoms with E-state index in [9.17, 15) is 4.79 Å². The number of H-pyrrole nitrogens is 2. The van der Waals surface area contributed by atoms with Crippen molar-refractivity contribution in [1.29, 1.82) is 0 Å². The van der Waals surface area contributed by atoms with Crippen molar-refractivity contribution in [1.82, 2.24) is 35.4 Å². The number of carbonyl (C=O) groups is 1. The summed E-state index contributed by atoms with van der Waals surface area (Å²) in [7, 11) is 0. The highest BCUT2D eigenvalue weighted by molar-refractivity contribution is 5.80. The number of pyridine rings is 1. The van der Waals surface area contributed by atoms with E-state index in [0.29, 0.717) is 18.9 Å². The molecule has 0 spiro atoms. The Morgan fingerprint density at radius 1 is 1.00 bits per heavy atom. The lowest BCUT2D eigenvalue weighted by Gasteiger charge is -2.34. The van der Waals surface area contributed by atoms with Crippen molar-refractivity contribution in [3.63, 3.8) is 0 Å². The number of nitrogens with zero attached hydrogens (tertiary/aromatic N) is 4. The highest BCUT2D eigenvalue weighted by Crippen LogP contribution is 2.49. The molecule has 180 valence electrons. The van der Waals surface area contributed by atoms with E-state index in [0.717, 1.165) is 58.6 Å². The number of para-hydroxylation sites is 2. The van der Waals surface area contributed by atoms with Gasteiger partial charge in [-0.3, -0.25) is 4.98 Å². The van der Waals surface area contributed by atoms with Crippen LogP contribution in [0.3, 0.4) is 0 Å². The molecular formula is C28H27N7O. The molecule has 36 heavy (non-hydrogen) atoms. The Bertz CT molecular complexity index is 1540. The van der Waals surface area contributed by atoms with E-state index in [1.165, 1.54) is 5.39 Å². The standard InChI is InChI=1S/C28H27N7O/c36-28(30-16-17-11-18-5-1-3-7-23(18)29-15-17)35-22-10-9-20(13-22)26(35)27-32-25(33-34-27)14-21-12-19-6-2-4-8-24(19)31-21/h1-8,11-12,15,20,22,26,31H,9-10,13-14,16H2,(H,30,36)(H,32,33,34)/t20-,22+,26-/m0/s1. The van der Waals surface area contributed by atoms with Gasteiger partial charge in [0.1, 0.15) is 5.82 Å². The van der Waals surface area contributed by atoms with Gasteiger partial charge in [0.15, 0.2) is 5.82 Å². The van der Waals surface area contributed by atoms with E-state index < -0.39 is 0 Å². The van der Waals surface area contributed by atoms with Crippen molar-refractivity contribution in [2.75, 3.05) is 0 Å². The van der Waals surface area contributed by atoms with E-state index in [1.54, 1.807) is 0 Å². The summed E-state index contributed by atoms with van der Waals surface area (Å²) in [5.74, 6) is 2.01. The quantitative estimate of drug-likeness (QED) is 0.336. The predicted molar refractivity (Wildman–Crippen MR) is 137 cm³/mol. The number of rotatable bonds is 5. The minimum atomic E-state index is -0.0672. The van der Waals surface area contributed by atoms with E-state index in [-0.39, 0.29) is 18.1 Å². The minimum Gasteiger partial charge on any atom is -0.358 e. The Balaban J connectivity index is 1.08. The molecule has 2 amide bonds. The lowest BCUT2D eigenvalue weighted by molar-refractivity contribution is 0.142. The molecule has 8 heteroatoms. The van der Waals surface area contributed by atoms with Gasteiger partial charge in [0.25, 0.3) is 0 Å². The van der Waals surface area contributed by atoms with Crippen molar-refractivity contribution in [3.8, 4) is 0 Å². The number of urea groups is 1. The Kier molecular flexibility index (Phi) is 4.97. The van der Waals surface area contributed by atoms with Gasteiger partial charge >= 0.3 is 6.03 Å². The zero-order valence-electron chi connectivity index (χ0n) is 19.8. The maximum absolute atomic E-state index is 13.4. The molecule has 4 heterocycles. The number of fused-ring (bicyclic) bond motifs is 4. The zero-order valence-corrected chi connectivity index (χ0v) is 19.8. The molecule has 1 aliphatic heterocycles. The number of piperidine rings is 1. The molecule has 1 saturated carbocycles. The lowest BCUT2D eigenvalue weighted by atomic mass is 9.98. The molecule has 1 aliphatic carbocycles. The molecular weight excluding hydrogens is 450 g/mol. The molecule has 7 rings (SSSR count). The van der Waals surface area contributed by atoms with Crippen molar-refractivity contribution in [3.05, 3.63) is 89.8 Å². The Morgan fingerprint density at radius 3 is 2.78 bits per heavy atom. The zero-order chi connectivity index (χ0) is 24.1. The summed E-state index contributed by atoms with van der Waals surface area (Å²) >= 11 is 0. The fraction of sp³-hybridized carbons (Fsp3) is 0.286. The van der Waals surface area contributed by atoms with Gasteiger partial charge in [-0.25, -0.2) is 4.79 Å². The molecule has 2 aromatic carbocycles. The lowest BCUT2D eigenvalue weighted by Crippen LogP contribution is -2.46. The average molecular weight is 478 g/mol. The van der Waals surface area contributed by atoms with Gasteiger partial charge in [0, 0.05) is 41.8 Å². The van der Waals surface area contributed by atoms with Crippen LogP contribution in [0, 0.1) is 5.92 Å². The molecule has 5 aromatic rings. The fourth-order valence-corrected chi connectivity index (χ4v) is 6.05. The normalized spacial score (nSPS) is 21.0.